The second-order valence-corrected chi connectivity index (χ2v) is 6.17. The monoisotopic (exact) mass is 286 g/mol. The van der Waals surface area contributed by atoms with Gasteiger partial charge in [-0.25, -0.2) is 9.97 Å². The molecule has 1 saturated carbocycles. The van der Waals surface area contributed by atoms with Gasteiger partial charge in [-0.1, -0.05) is 12.2 Å². The maximum absolute atomic E-state index is 11.9. The minimum Gasteiger partial charge on any atom is -0.354 e. The summed E-state index contributed by atoms with van der Waals surface area (Å²) in [6.45, 7) is 4.84. The van der Waals surface area contributed by atoms with Crippen molar-refractivity contribution in [2.45, 2.75) is 26.7 Å². The fraction of sp³-hybridized carbons (Fsp3) is 0.562. The van der Waals surface area contributed by atoms with Crippen LogP contribution in [0.4, 0.5) is 5.95 Å². The van der Waals surface area contributed by atoms with Crippen molar-refractivity contribution in [3.05, 3.63) is 29.6 Å². The van der Waals surface area contributed by atoms with Crippen LogP contribution in [0.3, 0.4) is 0 Å². The van der Waals surface area contributed by atoms with Crippen LogP contribution in [0, 0.1) is 31.6 Å². The van der Waals surface area contributed by atoms with Gasteiger partial charge in [0.15, 0.2) is 0 Å². The minimum absolute atomic E-state index is 0.00418. The zero-order chi connectivity index (χ0) is 14.8. The largest absolute Gasteiger partial charge is 0.354 e. The standard InChI is InChI=1S/C16H22N4O/c1-10-5-11(2)20-16(19-10)18-9-15(21)17-8-14-7-12-3-4-13(14)6-12/h3-5,12-14H,6-9H2,1-2H3,(H,17,21)(H,18,19,20)/t12-,13+,14-/m1/s1. The average Bonchev–Trinajstić information content (AvgIpc) is 3.04. The molecule has 1 amide bonds. The smallest absolute Gasteiger partial charge is 0.239 e. The van der Waals surface area contributed by atoms with Crippen molar-refractivity contribution in [1.29, 1.82) is 0 Å². The normalized spacial score (nSPS) is 26.1. The topological polar surface area (TPSA) is 66.9 Å². The predicted octanol–water partition coefficient (Wildman–Crippen LogP) is 1.83. The van der Waals surface area contributed by atoms with Crippen LogP contribution in [0.1, 0.15) is 24.2 Å². The quantitative estimate of drug-likeness (QED) is 0.810. The third-order valence-corrected chi connectivity index (χ3v) is 4.37. The van der Waals surface area contributed by atoms with E-state index in [9.17, 15) is 4.79 Å². The van der Waals surface area contributed by atoms with Gasteiger partial charge in [-0.05, 0) is 50.5 Å². The first kappa shape index (κ1) is 14.0. The number of aromatic nitrogens is 2. The second kappa shape index (κ2) is 5.84. The molecule has 1 aromatic heterocycles. The van der Waals surface area contributed by atoms with E-state index < -0.39 is 0 Å². The van der Waals surface area contributed by atoms with Gasteiger partial charge in [-0.2, -0.15) is 0 Å². The lowest BCUT2D eigenvalue weighted by atomic mass is 9.94. The molecule has 3 rings (SSSR count). The first-order chi connectivity index (χ1) is 10.1. The van der Waals surface area contributed by atoms with Crippen molar-refractivity contribution in [2.75, 3.05) is 18.4 Å². The van der Waals surface area contributed by atoms with Crippen LogP contribution in [0.25, 0.3) is 0 Å². The predicted molar refractivity (Wildman–Crippen MR) is 81.8 cm³/mol. The Morgan fingerprint density at radius 1 is 1.24 bits per heavy atom. The van der Waals surface area contributed by atoms with E-state index in [2.05, 4.69) is 32.8 Å². The molecule has 1 fully saturated rings. The van der Waals surface area contributed by atoms with Gasteiger partial charge in [0.2, 0.25) is 11.9 Å². The van der Waals surface area contributed by atoms with E-state index in [0.29, 0.717) is 17.8 Å². The number of carbonyl (C=O) groups excluding carboxylic acids is 1. The van der Waals surface area contributed by atoms with Crippen molar-refractivity contribution >= 4 is 11.9 Å². The maximum atomic E-state index is 11.9. The first-order valence-electron chi connectivity index (χ1n) is 7.61. The number of fused-ring (bicyclic) bond motifs is 2. The Morgan fingerprint density at radius 3 is 2.62 bits per heavy atom. The molecule has 2 N–H and O–H groups in total. The minimum atomic E-state index is 0.00418. The lowest BCUT2D eigenvalue weighted by Gasteiger charge is -2.18. The van der Waals surface area contributed by atoms with Gasteiger partial charge in [-0.3, -0.25) is 4.79 Å². The van der Waals surface area contributed by atoms with Crippen molar-refractivity contribution in [3.63, 3.8) is 0 Å². The van der Waals surface area contributed by atoms with Crippen LogP contribution >= 0.6 is 0 Å². The fourth-order valence-corrected chi connectivity index (χ4v) is 3.40. The Labute approximate surface area is 125 Å². The maximum Gasteiger partial charge on any atom is 0.239 e. The number of aryl methyl sites for hydroxylation is 2. The number of rotatable bonds is 5. The number of amides is 1. The molecule has 0 aromatic carbocycles. The summed E-state index contributed by atoms with van der Waals surface area (Å²) in [5.41, 5.74) is 1.80. The highest BCUT2D eigenvalue weighted by Crippen LogP contribution is 2.42. The molecule has 2 bridgehead atoms. The molecule has 0 unspecified atom stereocenters. The van der Waals surface area contributed by atoms with Crippen molar-refractivity contribution in [2.24, 2.45) is 17.8 Å². The van der Waals surface area contributed by atoms with Crippen LogP contribution < -0.4 is 10.6 Å². The van der Waals surface area contributed by atoms with E-state index in [1.807, 2.05) is 19.9 Å². The molecule has 2 aliphatic carbocycles. The number of allylic oxidation sites excluding steroid dienone is 2. The van der Waals surface area contributed by atoms with Gasteiger partial charge in [0.05, 0.1) is 6.54 Å². The van der Waals surface area contributed by atoms with E-state index in [4.69, 9.17) is 0 Å². The van der Waals surface area contributed by atoms with Gasteiger partial charge in [0.1, 0.15) is 0 Å². The molecular formula is C16H22N4O. The van der Waals surface area contributed by atoms with E-state index in [-0.39, 0.29) is 12.5 Å². The van der Waals surface area contributed by atoms with Gasteiger partial charge < -0.3 is 10.6 Å². The Hall–Kier alpha value is -1.91. The number of hydrogen-bond acceptors (Lipinski definition) is 4. The molecule has 1 heterocycles. The van der Waals surface area contributed by atoms with Crippen molar-refractivity contribution in [3.8, 4) is 0 Å². The highest BCUT2D eigenvalue weighted by Gasteiger charge is 2.35. The number of anilines is 1. The SMILES string of the molecule is Cc1cc(C)nc(NCC(=O)NC[C@H]2C[C@@H]3C=C[C@H]2C3)n1. The summed E-state index contributed by atoms with van der Waals surface area (Å²) in [5, 5.41) is 6.01. The lowest BCUT2D eigenvalue weighted by molar-refractivity contribution is -0.119. The van der Waals surface area contributed by atoms with Crippen molar-refractivity contribution in [1.82, 2.24) is 15.3 Å². The summed E-state index contributed by atoms with van der Waals surface area (Å²) in [7, 11) is 0. The zero-order valence-electron chi connectivity index (χ0n) is 12.6. The van der Waals surface area contributed by atoms with Gasteiger partial charge in [0, 0.05) is 17.9 Å². The molecule has 2 aliphatic rings. The number of carbonyl (C=O) groups is 1. The lowest BCUT2D eigenvalue weighted by Crippen LogP contribution is -2.35. The molecule has 5 nitrogen and oxygen atoms in total. The summed E-state index contributed by atoms with van der Waals surface area (Å²) in [6, 6.07) is 1.91. The zero-order valence-corrected chi connectivity index (χ0v) is 12.6. The average molecular weight is 286 g/mol. The van der Waals surface area contributed by atoms with Gasteiger partial charge >= 0.3 is 0 Å². The summed E-state index contributed by atoms with van der Waals surface area (Å²) in [5.74, 6) is 2.56. The van der Waals surface area contributed by atoms with Gasteiger partial charge in [0.25, 0.3) is 0 Å². The summed E-state index contributed by atoms with van der Waals surface area (Å²) < 4.78 is 0. The van der Waals surface area contributed by atoms with Crippen LogP contribution in [0.15, 0.2) is 18.2 Å². The molecule has 3 atom stereocenters. The summed E-state index contributed by atoms with van der Waals surface area (Å²) in [4.78, 5) is 20.4. The van der Waals surface area contributed by atoms with Crippen LogP contribution in [-0.2, 0) is 4.79 Å². The van der Waals surface area contributed by atoms with Gasteiger partial charge in [-0.15, -0.1) is 0 Å². The summed E-state index contributed by atoms with van der Waals surface area (Å²) in [6.07, 6.45) is 7.12. The Morgan fingerprint density at radius 2 is 2.00 bits per heavy atom. The Bertz CT molecular complexity index is 549. The number of hydrogen-bond donors (Lipinski definition) is 2. The van der Waals surface area contributed by atoms with Crippen molar-refractivity contribution < 1.29 is 4.79 Å². The number of nitrogens with zero attached hydrogens (tertiary/aromatic N) is 2. The van der Waals surface area contributed by atoms with E-state index in [1.165, 1.54) is 12.8 Å². The molecule has 1 aromatic rings. The first-order valence-corrected chi connectivity index (χ1v) is 7.61. The molecule has 112 valence electrons. The highest BCUT2D eigenvalue weighted by molar-refractivity contribution is 5.80. The van der Waals surface area contributed by atoms with E-state index in [1.54, 1.807) is 0 Å². The van der Waals surface area contributed by atoms with Crippen LogP contribution in [0.2, 0.25) is 0 Å². The molecule has 5 heteroatoms. The molecule has 21 heavy (non-hydrogen) atoms. The number of nitrogens with one attached hydrogen (secondary N) is 2. The van der Waals surface area contributed by atoms with E-state index in [0.717, 1.165) is 23.9 Å². The Balaban J connectivity index is 1.43. The second-order valence-electron chi connectivity index (χ2n) is 6.17. The third-order valence-electron chi connectivity index (χ3n) is 4.37. The molecular weight excluding hydrogens is 264 g/mol. The molecule has 0 aliphatic heterocycles. The fourth-order valence-electron chi connectivity index (χ4n) is 3.40. The van der Waals surface area contributed by atoms with Crippen LogP contribution in [0.5, 0.6) is 0 Å². The highest BCUT2D eigenvalue weighted by atomic mass is 16.1. The molecule has 0 saturated heterocycles. The van der Waals surface area contributed by atoms with Crippen LogP contribution in [-0.4, -0.2) is 29.0 Å². The summed E-state index contributed by atoms with van der Waals surface area (Å²) >= 11 is 0. The Kier molecular flexibility index (Phi) is 3.90. The van der Waals surface area contributed by atoms with E-state index >= 15 is 0 Å². The molecule has 0 spiro atoms. The third kappa shape index (κ3) is 3.40. The molecule has 0 radical (unpaired) electrons.